The van der Waals surface area contributed by atoms with Crippen LogP contribution in [0.1, 0.15) is 11.1 Å². The summed E-state index contributed by atoms with van der Waals surface area (Å²) in [6.45, 7) is 0.462. The molecule has 1 N–H and O–H groups in total. The van der Waals surface area contributed by atoms with Crippen LogP contribution in [0.4, 0.5) is 14.5 Å². The van der Waals surface area contributed by atoms with Crippen molar-refractivity contribution in [2.24, 2.45) is 0 Å². The van der Waals surface area contributed by atoms with Gasteiger partial charge in [0.25, 0.3) is 0 Å². The zero-order chi connectivity index (χ0) is 13.7. The molecule has 1 heterocycles. The van der Waals surface area contributed by atoms with Crippen molar-refractivity contribution in [1.82, 2.24) is 4.98 Å². The molecule has 19 heavy (non-hydrogen) atoms. The predicted octanol–water partition coefficient (Wildman–Crippen LogP) is 2.89. The summed E-state index contributed by atoms with van der Waals surface area (Å²) in [5.41, 5.74) is 1.66. The van der Waals surface area contributed by atoms with E-state index < -0.39 is 11.6 Å². The summed E-state index contributed by atoms with van der Waals surface area (Å²) in [4.78, 5) is 3.91. The van der Waals surface area contributed by atoms with Crippen LogP contribution in [0, 0.1) is 23.0 Å². The fourth-order valence-electron chi connectivity index (χ4n) is 1.73. The maximum absolute atomic E-state index is 13.0. The largest absolute Gasteiger partial charge is 0.382 e. The van der Waals surface area contributed by atoms with Crippen LogP contribution in [0.15, 0.2) is 36.7 Å². The van der Waals surface area contributed by atoms with Gasteiger partial charge >= 0.3 is 0 Å². The molecule has 2 aromatic rings. The van der Waals surface area contributed by atoms with Gasteiger partial charge in [-0.2, -0.15) is 5.26 Å². The molecule has 0 radical (unpaired) electrons. The number of hydrogen-bond acceptors (Lipinski definition) is 3. The molecule has 5 heteroatoms. The molecular formula is C14H11F2N3. The maximum atomic E-state index is 13.0. The first-order chi connectivity index (χ1) is 9.19. The number of nitrogens with zero attached hydrogens (tertiary/aromatic N) is 2. The Morgan fingerprint density at radius 2 is 1.95 bits per heavy atom. The van der Waals surface area contributed by atoms with Gasteiger partial charge in [0.2, 0.25) is 0 Å². The molecule has 0 aliphatic heterocycles. The molecule has 0 fully saturated rings. The van der Waals surface area contributed by atoms with Gasteiger partial charge in [-0.15, -0.1) is 0 Å². The summed E-state index contributed by atoms with van der Waals surface area (Å²) < 4.78 is 26.0. The minimum absolute atomic E-state index is 0.453. The van der Waals surface area contributed by atoms with Crippen molar-refractivity contribution in [2.75, 3.05) is 11.9 Å². The van der Waals surface area contributed by atoms with Gasteiger partial charge in [-0.25, -0.2) is 8.78 Å². The Morgan fingerprint density at radius 3 is 2.63 bits per heavy atom. The van der Waals surface area contributed by atoms with E-state index >= 15 is 0 Å². The SMILES string of the molecule is N#Cc1ccncc1NCCc1cc(F)cc(F)c1. The molecule has 0 spiro atoms. The number of halogens is 2. The lowest BCUT2D eigenvalue weighted by molar-refractivity contribution is 0.580. The van der Waals surface area contributed by atoms with Crippen LogP contribution in [-0.4, -0.2) is 11.5 Å². The van der Waals surface area contributed by atoms with Crippen molar-refractivity contribution >= 4 is 5.69 Å². The number of nitrogens with one attached hydrogen (secondary N) is 1. The van der Waals surface area contributed by atoms with Crippen molar-refractivity contribution in [3.63, 3.8) is 0 Å². The molecule has 0 bridgehead atoms. The normalized spacial score (nSPS) is 9.95. The number of anilines is 1. The number of rotatable bonds is 4. The first-order valence-corrected chi connectivity index (χ1v) is 5.72. The lowest BCUT2D eigenvalue weighted by Gasteiger charge is -2.07. The molecule has 2 rings (SSSR count). The molecular weight excluding hydrogens is 248 g/mol. The van der Waals surface area contributed by atoms with Crippen molar-refractivity contribution in [2.45, 2.75) is 6.42 Å². The van der Waals surface area contributed by atoms with Crippen molar-refractivity contribution in [1.29, 1.82) is 5.26 Å². The van der Waals surface area contributed by atoms with Gasteiger partial charge < -0.3 is 5.32 Å². The van der Waals surface area contributed by atoms with E-state index in [2.05, 4.69) is 10.3 Å². The summed E-state index contributed by atoms with van der Waals surface area (Å²) >= 11 is 0. The second kappa shape index (κ2) is 5.91. The Hall–Kier alpha value is -2.48. The van der Waals surface area contributed by atoms with Crippen molar-refractivity contribution < 1.29 is 8.78 Å². The molecule has 0 saturated carbocycles. The highest BCUT2D eigenvalue weighted by Gasteiger charge is 2.03. The fraction of sp³-hybridized carbons (Fsp3) is 0.143. The third-order valence-electron chi connectivity index (χ3n) is 2.59. The standard InChI is InChI=1S/C14H11F2N3/c15-12-5-10(6-13(16)7-12)1-4-19-14-9-18-3-2-11(14)8-17/h2-3,5-7,9,19H,1,4H2. The van der Waals surface area contributed by atoms with Gasteiger partial charge in [-0.3, -0.25) is 4.98 Å². The van der Waals surface area contributed by atoms with Crippen LogP contribution >= 0.6 is 0 Å². The van der Waals surface area contributed by atoms with Crippen LogP contribution in [0.3, 0.4) is 0 Å². The van der Waals surface area contributed by atoms with Crippen LogP contribution in [0.25, 0.3) is 0 Å². The lowest BCUT2D eigenvalue weighted by atomic mass is 10.1. The van der Waals surface area contributed by atoms with E-state index in [-0.39, 0.29) is 0 Å². The predicted molar refractivity (Wildman–Crippen MR) is 67.5 cm³/mol. The quantitative estimate of drug-likeness (QED) is 0.918. The summed E-state index contributed by atoms with van der Waals surface area (Å²) in [7, 11) is 0. The van der Waals surface area contributed by atoms with Gasteiger partial charge in [0.05, 0.1) is 17.4 Å². The molecule has 1 aromatic carbocycles. The molecule has 0 amide bonds. The van der Waals surface area contributed by atoms with E-state index in [4.69, 9.17) is 5.26 Å². The number of hydrogen-bond donors (Lipinski definition) is 1. The summed E-state index contributed by atoms with van der Waals surface area (Å²) in [6.07, 6.45) is 3.53. The third-order valence-corrected chi connectivity index (χ3v) is 2.59. The number of pyridine rings is 1. The van der Waals surface area contributed by atoms with E-state index in [1.165, 1.54) is 18.3 Å². The van der Waals surface area contributed by atoms with Gasteiger partial charge in [-0.1, -0.05) is 0 Å². The molecule has 96 valence electrons. The number of aromatic nitrogens is 1. The average molecular weight is 259 g/mol. The van der Waals surface area contributed by atoms with Crippen LogP contribution in [-0.2, 0) is 6.42 Å². The molecule has 0 unspecified atom stereocenters. The second-order valence-corrected chi connectivity index (χ2v) is 3.99. The molecule has 0 aliphatic carbocycles. The molecule has 0 atom stereocenters. The lowest BCUT2D eigenvalue weighted by Crippen LogP contribution is -2.07. The monoisotopic (exact) mass is 259 g/mol. The topological polar surface area (TPSA) is 48.7 Å². The van der Waals surface area contributed by atoms with Crippen LogP contribution in [0.2, 0.25) is 0 Å². The van der Waals surface area contributed by atoms with E-state index in [9.17, 15) is 8.78 Å². The molecule has 0 saturated heterocycles. The van der Waals surface area contributed by atoms with E-state index in [1.54, 1.807) is 12.3 Å². The molecule has 3 nitrogen and oxygen atoms in total. The minimum Gasteiger partial charge on any atom is -0.382 e. The maximum Gasteiger partial charge on any atom is 0.126 e. The van der Waals surface area contributed by atoms with Crippen LogP contribution in [0.5, 0.6) is 0 Å². The zero-order valence-corrected chi connectivity index (χ0v) is 10.0. The van der Waals surface area contributed by atoms with E-state index in [1.807, 2.05) is 6.07 Å². The van der Waals surface area contributed by atoms with E-state index in [0.717, 1.165) is 6.07 Å². The fourth-order valence-corrected chi connectivity index (χ4v) is 1.73. The Balaban J connectivity index is 1.98. The van der Waals surface area contributed by atoms with Gasteiger partial charge in [0, 0.05) is 18.8 Å². The Morgan fingerprint density at radius 1 is 1.21 bits per heavy atom. The van der Waals surface area contributed by atoms with Gasteiger partial charge in [0.1, 0.15) is 17.7 Å². The van der Waals surface area contributed by atoms with Crippen molar-refractivity contribution in [3.8, 4) is 6.07 Å². The molecule has 0 aliphatic rings. The summed E-state index contributed by atoms with van der Waals surface area (Å²) in [6, 6.07) is 7.06. The molecule has 1 aromatic heterocycles. The summed E-state index contributed by atoms with van der Waals surface area (Å²) in [5, 5.41) is 11.9. The second-order valence-electron chi connectivity index (χ2n) is 3.99. The highest BCUT2D eigenvalue weighted by Crippen LogP contribution is 2.13. The minimum atomic E-state index is -0.589. The number of benzene rings is 1. The van der Waals surface area contributed by atoms with Crippen LogP contribution < -0.4 is 5.32 Å². The first-order valence-electron chi connectivity index (χ1n) is 5.72. The first kappa shape index (κ1) is 13.0. The average Bonchev–Trinajstić information content (AvgIpc) is 2.38. The smallest absolute Gasteiger partial charge is 0.126 e. The van der Waals surface area contributed by atoms with Gasteiger partial charge in [0.15, 0.2) is 0 Å². The highest BCUT2D eigenvalue weighted by molar-refractivity contribution is 5.55. The number of nitriles is 1. The Kier molecular flexibility index (Phi) is 4.04. The zero-order valence-electron chi connectivity index (χ0n) is 10.0. The van der Waals surface area contributed by atoms with Crippen molar-refractivity contribution in [3.05, 3.63) is 59.4 Å². The summed E-state index contributed by atoms with van der Waals surface area (Å²) in [5.74, 6) is -1.18. The van der Waals surface area contributed by atoms with Gasteiger partial charge in [-0.05, 0) is 30.2 Å². The third kappa shape index (κ3) is 3.49. The highest BCUT2D eigenvalue weighted by atomic mass is 19.1. The Bertz CT molecular complexity index is 600. The Labute approximate surface area is 109 Å². The van der Waals surface area contributed by atoms with E-state index in [0.29, 0.717) is 29.8 Å².